The summed E-state index contributed by atoms with van der Waals surface area (Å²) in [4.78, 5) is 0. The summed E-state index contributed by atoms with van der Waals surface area (Å²) in [5.41, 5.74) is 5.36. The van der Waals surface area contributed by atoms with E-state index in [1.807, 2.05) is 29.1 Å². The minimum atomic E-state index is -0.535. The number of aromatic nitrogens is 3. The first kappa shape index (κ1) is 14.2. The molecule has 23 heavy (non-hydrogen) atoms. The van der Waals surface area contributed by atoms with Crippen LogP contribution in [-0.4, -0.2) is 20.1 Å². The van der Waals surface area contributed by atoms with E-state index in [1.165, 1.54) is 11.1 Å². The number of rotatable bonds is 2. The van der Waals surface area contributed by atoms with Gasteiger partial charge in [-0.1, -0.05) is 59.3 Å². The second-order valence-corrected chi connectivity index (χ2v) is 6.20. The molecule has 2 atom stereocenters. The van der Waals surface area contributed by atoms with Gasteiger partial charge in [0, 0.05) is 5.56 Å². The summed E-state index contributed by atoms with van der Waals surface area (Å²) in [7, 11) is 0. The fourth-order valence-electron chi connectivity index (χ4n) is 3.29. The predicted octanol–water partition coefficient (Wildman–Crippen LogP) is 3.47. The van der Waals surface area contributed by atoms with Crippen LogP contribution >= 0.6 is 0 Å². The number of aryl methyl sites for hydroxylation is 2. The molecule has 1 aliphatic carbocycles. The third kappa shape index (κ3) is 2.55. The quantitative estimate of drug-likeness (QED) is 0.788. The van der Waals surface area contributed by atoms with Crippen molar-refractivity contribution in [3.05, 3.63) is 71.4 Å². The Morgan fingerprint density at radius 1 is 1.09 bits per heavy atom. The van der Waals surface area contributed by atoms with E-state index in [9.17, 15) is 5.11 Å². The van der Waals surface area contributed by atoms with Crippen molar-refractivity contribution < 1.29 is 5.11 Å². The lowest BCUT2D eigenvalue weighted by molar-refractivity contribution is 0.0911. The Bertz CT molecular complexity index is 823. The van der Waals surface area contributed by atoms with E-state index in [2.05, 4.69) is 47.6 Å². The molecule has 0 aliphatic heterocycles. The summed E-state index contributed by atoms with van der Waals surface area (Å²) in [6.07, 6.45) is 3.23. The Balaban J connectivity index is 1.64. The fraction of sp³-hybridized carbons (Fsp3) is 0.263. The van der Waals surface area contributed by atoms with Crippen LogP contribution in [0.1, 0.15) is 35.3 Å². The molecule has 1 aromatic heterocycles. The molecule has 4 rings (SSSR count). The highest BCUT2D eigenvalue weighted by molar-refractivity contribution is 5.57. The summed E-state index contributed by atoms with van der Waals surface area (Å²) in [6.45, 7) is 2.07. The van der Waals surface area contributed by atoms with Gasteiger partial charge in [-0.15, -0.1) is 5.10 Å². The summed E-state index contributed by atoms with van der Waals surface area (Å²) >= 11 is 0. The van der Waals surface area contributed by atoms with Gasteiger partial charge in [0.25, 0.3) is 0 Å². The minimum Gasteiger partial charge on any atom is -0.386 e. The number of aliphatic hydroxyl groups excluding tert-OH is 1. The molecule has 0 saturated heterocycles. The van der Waals surface area contributed by atoms with Crippen LogP contribution in [0.5, 0.6) is 0 Å². The Morgan fingerprint density at radius 3 is 2.70 bits per heavy atom. The molecule has 0 radical (unpaired) electrons. The van der Waals surface area contributed by atoms with Crippen molar-refractivity contribution in [3.8, 4) is 11.3 Å². The zero-order valence-electron chi connectivity index (χ0n) is 13.1. The molecule has 1 heterocycles. The molecule has 0 bridgehead atoms. The van der Waals surface area contributed by atoms with E-state index in [4.69, 9.17) is 0 Å². The normalized spacial score (nSPS) is 20.3. The van der Waals surface area contributed by atoms with Gasteiger partial charge in [0.1, 0.15) is 11.8 Å². The molecule has 4 heteroatoms. The maximum Gasteiger partial charge on any atom is 0.113 e. The van der Waals surface area contributed by atoms with Gasteiger partial charge in [-0.05, 0) is 30.9 Å². The van der Waals surface area contributed by atoms with Gasteiger partial charge in [0.2, 0.25) is 0 Å². The summed E-state index contributed by atoms with van der Waals surface area (Å²) in [6, 6.07) is 16.3. The maximum absolute atomic E-state index is 10.7. The van der Waals surface area contributed by atoms with Gasteiger partial charge < -0.3 is 5.11 Å². The Hall–Kier alpha value is -2.46. The summed E-state index contributed by atoms with van der Waals surface area (Å²) < 4.78 is 1.82. The lowest BCUT2D eigenvalue weighted by Gasteiger charge is -2.29. The molecule has 0 fully saturated rings. The molecule has 1 N–H and O–H groups in total. The van der Waals surface area contributed by atoms with Gasteiger partial charge in [0.15, 0.2) is 0 Å². The van der Waals surface area contributed by atoms with Gasteiger partial charge in [-0.25, -0.2) is 4.68 Å². The molecule has 2 aromatic carbocycles. The zero-order valence-corrected chi connectivity index (χ0v) is 13.1. The van der Waals surface area contributed by atoms with Crippen LogP contribution in [0, 0.1) is 6.92 Å². The van der Waals surface area contributed by atoms with Crippen LogP contribution in [0.15, 0.2) is 54.7 Å². The summed E-state index contributed by atoms with van der Waals surface area (Å²) in [5.74, 6) is 0. The van der Waals surface area contributed by atoms with Gasteiger partial charge in [-0.2, -0.15) is 0 Å². The molecule has 1 aliphatic rings. The molecule has 0 spiro atoms. The lowest BCUT2D eigenvalue weighted by atomic mass is 9.86. The third-order valence-corrected chi connectivity index (χ3v) is 4.65. The molecule has 0 saturated carbocycles. The van der Waals surface area contributed by atoms with E-state index in [-0.39, 0.29) is 6.04 Å². The van der Waals surface area contributed by atoms with Crippen LogP contribution in [0.4, 0.5) is 0 Å². The number of aliphatic hydroxyl groups is 1. The monoisotopic (exact) mass is 305 g/mol. The molecular weight excluding hydrogens is 286 g/mol. The van der Waals surface area contributed by atoms with Crippen LogP contribution in [0.25, 0.3) is 11.3 Å². The molecule has 0 amide bonds. The van der Waals surface area contributed by atoms with Gasteiger partial charge >= 0.3 is 0 Å². The first-order chi connectivity index (χ1) is 11.2. The first-order valence-corrected chi connectivity index (χ1v) is 7.97. The third-order valence-electron chi connectivity index (χ3n) is 4.65. The van der Waals surface area contributed by atoms with Crippen molar-refractivity contribution in [2.75, 3.05) is 0 Å². The highest BCUT2D eigenvalue weighted by atomic mass is 16.3. The maximum atomic E-state index is 10.7. The van der Waals surface area contributed by atoms with Crippen LogP contribution in [0.2, 0.25) is 0 Å². The van der Waals surface area contributed by atoms with Crippen LogP contribution in [0.3, 0.4) is 0 Å². The highest BCUT2D eigenvalue weighted by Crippen LogP contribution is 2.37. The van der Waals surface area contributed by atoms with E-state index < -0.39 is 6.10 Å². The number of hydrogen-bond donors (Lipinski definition) is 1. The van der Waals surface area contributed by atoms with E-state index in [0.717, 1.165) is 29.7 Å². The Labute approximate surface area is 135 Å². The second kappa shape index (κ2) is 5.63. The van der Waals surface area contributed by atoms with E-state index >= 15 is 0 Å². The van der Waals surface area contributed by atoms with Crippen molar-refractivity contribution in [1.82, 2.24) is 15.0 Å². The second-order valence-electron chi connectivity index (χ2n) is 6.20. The Morgan fingerprint density at radius 2 is 1.87 bits per heavy atom. The summed E-state index contributed by atoms with van der Waals surface area (Å²) in [5, 5.41) is 19.3. The average molecular weight is 305 g/mol. The van der Waals surface area contributed by atoms with Crippen LogP contribution in [-0.2, 0) is 6.42 Å². The number of nitrogens with zero attached hydrogens (tertiary/aromatic N) is 3. The Kier molecular flexibility index (Phi) is 3.46. The number of hydrogen-bond acceptors (Lipinski definition) is 3. The predicted molar refractivity (Wildman–Crippen MR) is 89.0 cm³/mol. The van der Waals surface area contributed by atoms with Gasteiger partial charge in [-0.3, -0.25) is 0 Å². The minimum absolute atomic E-state index is 0.0587. The SMILES string of the molecule is Cc1ccc(-c2cn([C@@H]3CCc4ccccc4[C@@H]3O)nn2)cc1. The largest absolute Gasteiger partial charge is 0.386 e. The first-order valence-electron chi connectivity index (χ1n) is 7.97. The van der Waals surface area contributed by atoms with E-state index in [0.29, 0.717) is 0 Å². The fourth-order valence-corrected chi connectivity index (χ4v) is 3.29. The zero-order chi connectivity index (χ0) is 15.8. The molecule has 3 aromatic rings. The van der Waals surface area contributed by atoms with Crippen molar-refractivity contribution in [3.63, 3.8) is 0 Å². The molecular formula is C19H19N3O. The van der Waals surface area contributed by atoms with Crippen molar-refractivity contribution >= 4 is 0 Å². The van der Waals surface area contributed by atoms with E-state index in [1.54, 1.807) is 0 Å². The molecule has 4 nitrogen and oxygen atoms in total. The molecule has 116 valence electrons. The highest BCUT2D eigenvalue weighted by Gasteiger charge is 2.29. The number of fused-ring (bicyclic) bond motifs is 1. The molecule has 0 unspecified atom stereocenters. The lowest BCUT2D eigenvalue weighted by Crippen LogP contribution is -2.24. The topological polar surface area (TPSA) is 50.9 Å². The standard InChI is InChI=1S/C19H19N3O/c1-13-6-8-15(9-7-13)17-12-22(21-20-17)18-11-10-14-4-2-3-5-16(14)19(18)23/h2-9,12,18-19,23H,10-11H2,1H3/t18-,19+/m1/s1. The smallest absolute Gasteiger partial charge is 0.113 e. The number of benzene rings is 2. The van der Waals surface area contributed by atoms with Crippen molar-refractivity contribution in [2.24, 2.45) is 0 Å². The van der Waals surface area contributed by atoms with Crippen molar-refractivity contribution in [2.45, 2.75) is 31.9 Å². The van der Waals surface area contributed by atoms with Gasteiger partial charge in [0.05, 0.1) is 12.2 Å². The van der Waals surface area contributed by atoms with Crippen molar-refractivity contribution in [1.29, 1.82) is 0 Å². The van der Waals surface area contributed by atoms with Crippen LogP contribution < -0.4 is 0 Å². The average Bonchev–Trinajstić information content (AvgIpc) is 3.06.